The van der Waals surface area contributed by atoms with Gasteiger partial charge in [0.25, 0.3) is 0 Å². The molecule has 1 N–H and O–H groups in total. The molecular formula is C21H20F2N4O2. The smallest absolute Gasteiger partial charge is 0.248 e. The summed E-state index contributed by atoms with van der Waals surface area (Å²) in [6.07, 6.45) is 3.91. The quantitative estimate of drug-likeness (QED) is 0.746. The Bertz CT molecular complexity index is 954. The standard InChI is InChI=1S/C14H12F2N2.C7H8N2O2/c15-14(16)4-3-11(7-14)5-10-1-2-12(8-17)13(6-10)9-18;10-4-8-7-3-6(9-11-7)5-1-2-5/h1-2,6,11H,3-5,7H2;3-5H,1-2H2,(H,8,10)/t11-;/m1./s1. The van der Waals surface area contributed by atoms with E-state index in [1.807, 2.05) is 12.1 Å². The lowest BCUT2D eigenvalue weighted by molar-refractivity contribution is -0.105. The van der Waals surface area contributed by atoms with Crippen molar-refractivity contribution in [2.75, 3.05) is 5.32 Å². The van der Waals surface area contributed by atoms with Gasteiger partial charge in [-0.3, -0.25) is 10.1 Å². The van der Waals surface area contributed by atoms with Crippen LogP contribution in [0, 0.1) is 28.6 Å². The molecule has 2 fully saturated rings. The summed E-state index contributed by atoms with van der Waals surface area (Å²) in [7, 11) is 0. The number of nitrogens with one attached hydrogen (secondary N) is 1. The Kier molecular flexibility index (Phi) is 6.23. The number of hydrogen-bond donors (Lipinski definition) is 1. The van der Waals surface area contributed by atoms with Gasteiger partial charge in [0.2, 0.25) is 18.2 Å². The molecule has 8 heteroatoms. The number of alkyl halides is 2. The van der Waals surface area contributed by atoms with Crippen LogP contribution in [-0.4, -0.2) is 17.5 Å². The molecule has 1 heterocycles. The van der Waals surface area contributed by atoms with Crippen LogP contribution in [0.3, 0.4) is 0 Å². The first-order valence-corrected chi connectivity index (χ1v) is 9.42. The van der Waals surface area contributed by atoms with Gasteiger partial charge in [0.1, 0.15) is 12.1 Å². The van der Waals surface area contributed by atoms with Crippen LogP contribution in [-0.2, 0) is 11.2 Å². The molecule has 6 nitrogen and oxygen atoms in total. The summed E-state index contributed by atoms with van der Waals surface area (Å²) in [6.45, 7) is 0. The Balaban J connectivity index is 0.000000186. The van der Waals surface area contributed by atoms with E-state index in [0.29, 0.717) is 42.2 Å². The number of benzene rings is 1. The molecule has 1 atom stereocenters. The van der Waals surface area contributed by atoms with E-state index in [9.17, 15) is 13.6 Å². The Labute approximate surface area is 167 Å². The molecule has 2 aliphatic rings. The molecule has 0 saturated heterocycles. The van der Waals surface area contributed by atoms with Gasteiger partial charge in [-0.15, -0.1) is 0 Å². The summed E-state index contributed by atoms with van der Waals surface area (Å²) in [6, 6.07) is 10.6. The minimum Gasteiger partial charge on any atom is -0.338 e. The molecule has 150 valence electrons. The second-order valence-corrected chi connectivity index (χ2v) is 7.42. The van der Waals surface area contributed by atoms with Crippen LogP contribution in [0.1, 0.15) is 60.4 Å². The molecule has 2 aliphatic carbocycles. The second kappa shape index (κ2) is 8.83. The molecule has 2 saturated carbocycles. The largest absolute Gasteiger partial charge is 0.338 e. The number of hydrogen-bond acceptors (Lipinski definition) is 5. The number of nitrogens with zero attached hydrogens (tertiary/aromatic N) is 3. The van der Waals surface area contributed by atoms with Crippen molar-refractivity contribution in [2.24, 2.45) is 5.92 Å². The van der Waals surface area contributed by atoms with Crippen LogP contribution in [0.2, 0.25) is 0 Å². The van der Waals surface area contributed by atoms with Gasteiger partial charge in [-0.05, 0) is 49.3 Å². The van der Waals surface area contributed by atoms with Gasteiger partial charge in [0, 0.05) is 24.8 Å². The molecule has 0 spiro atoms. The lowest BCUT2D eigenvalue weighted by Crippen LogP contribution is -2.10. The molecule has 29 heavy (non-hydrogen) atoms. The molecule has 1 aromatic heterocycles. The number of carbonyl (C=O) groups is 1. The fourth-order valence-corrected chi connectivity index (χ4v) is 3.44. The van der Waals surface area contributed by atoms with Crippen molar-refractivity contribution in [3.63, 3.8) is 0 Å². The highest BCUT2D eigenvalue weighted by Gasteiger charge is 2.39. The summed E-state index contributed by atoms with van der Waals surface area (Å²) >= 11 is 0. The predicted molar refractivity (Wildman–Crippen MR) is 100 cm³/mol. The van der Waals surface area contributed by atoms with Crippen LogP contribution in [0.15, 0.2) is 28.8 Å². The number of halogens is 2. The first-order valence-electron chi connectivity index (χ1n) is 9.42. The Hall–Kier alpha value is -3.26. The van der Waals surface area contributed by atoms with E-state index in [0.717, 1.165) is 11.3 Å². The first kappa shape index (κ1) is 20.5. The zero-order chi connectivity index (χ0) is 20.9. The average molecular weight is 398 g/mol. The van der Waals surface area contributed by atoms with Gasteiger partial charge in [0.05, 0.1) is 16.8 Å². The lowest BCUT2D eigenvalue weighted by atomic mass is 9.95. The highest BCUT2D eigenvalue weighted by atomic mass is 19.3. The number of carbonyl (C=O) groups excluding carboxylic acids is 1. The van der Waals surface area contributed by atoms with Crippen molar-refractivity contribution in [3.05, 3.63) is 46.6 Å². The number of anilines is 1. The van der Waals surface area contributed by atoms with E-state index >= 15 is 0 Å². The topological polar surface area (TPSA) is 103 Å². The van der Waals surface area contributed by atoms with E-state index < -0.39 is 5.92 Å². The third-order valence-corrected chi connectivity index (χ3v) is 5.08. The summed E-state index contributed by atoms with van der Waals surface area (Å²) in [4.78, 5) is 9.97. The van der Waals surface area contributed by atoms with E-state index in [1.165, 1.54) is 12.8 Å². The zero-order valence-electron chi connectivity index (χ0n) is 15.7. The first-order chi connectivity index (χ1) is 13.9. The maximum absolute atomic E-state index is 13.1. The van der Waals surface area contributed by atoms with Gasteiger partial charge in [0.15, 0.2) is 0 Å². The van der Waals surface area contributed by atoms with E-state index in [-0.39, 0.29) is 18.8 Å². The number of aromatic nitrogens is 1. The highest BCUT2D eigenvalue weighted by Crippen LogP contribution is 2.40. The minimum atomic E-state index is -2.53. The van der Waals surface area contributed by atoms with Gasteiger partial charge in [-0.2, -0.15) is 10.5 Å². The van der Waals surface area contributed by atoms with Gasteiger partial charge in [-0.1, -0.05) is 11.2 Å². The SMILES string of the molecule is N#Cc1ccc(C[C@H]2CCC(F)(F)C2)cc1C#N.O=CNc1cc(C2CC2)no1. The van der Waals surface area contributed by atoms with Crippen molar-refractivity contribution >= 4 is 12.3 Å². The predicted octanol–water partition coefficient (Wildman–Crippen LogP) is 4.53. The molecular weight excluding hydrogens is 378 g/mol. The van der Waals surface area contributed by atoms with Crippen molar-refractivity contribution in [2.45, 2.75) is 50.4 Å². The maximum Gasteiger partial charge on any atom is 0.248 e. The molecule has 0 unspecified atom stereocenters. The number of nitriles is 2. The van der Waals surface area contributed by atoms with Crippen molar-refractivity contribution in [1.29, 1.82) is 10.5 Å². The van der Waals surface area contributed by atoms with Gasteiger partial charge >= 0.3 is 0 Å². The average Bonchev–Trinajstić information content (AvgIpc) is 3.36. The van der Waals surface area contributed by atoms with Crippen molar-refractivity contribution in [1.82, 2.24) is 5.16 Å². The third-order valence-electron chi connectivity index (χ3n) is 5.08. The third kappa shape index (κ3) is 5.61. The Morgan fingerprint density at radius 3 is 2.55 bits per heavy atom. The molecule has 2 aromatic rings. The zero-order valence-corrected chi connectivity index (χ0v) is 15.7. The van der Waals surface area contributed by atoms with E-state index in [2.05, 4.69) is 10.5 Å². The Morgan fingerprint density at radius 1 is 1.21 bits per heavy atom. The summed E-state index contributed by atoms with van der Waals surface area (Å²) in [5, 5.41) is 23.9. The minimum absolute atomic E-state index is 0.0283. The summed E-state index contributed by atoms with van der Waals surface area (Å²) in [5.41, 5.74) is 2.46. The molecule has 0 bridgehead atoms. The monoisotopic (exact) mass is 398 g/mol. The normalized spacial score (nSPS) is 19.4. The van der Waals surface area contributed by atoms with Crippen LogP contribution in [0.25, 0.3) is 0 Å². The lowest BCUT2D eigenvalue weighted by Gasteiger charge is -2.11. The molecule has 4 rings (SSSR count). The van der Waals surface area contributed by atoms with Crippen molar-refractivity contribution in [3.8, 4) is 12.1 Å². The van der Waals surface area contributed by atoms with Gasteiger partial charge in [-0.25, -0.2) is 8.78 Å². The molecule has 1 aromatic carbocycles. The van der Waals surface area contributed by atoms with Crippen LogP contribution in [0.4, 0.5) is 14.7 Å². The molecule has 1 amide bonds. The number of rotatable bonds is 5. The van der Waals surface area contributed by atoms with Crippen LogP contribution in [0.5, 0.6) is 0 Å². The Morgan fingerprint density at radius 2 is 1.97 bits per heavy atom. The fraction of sp³-hybridized carbons (Fsp3) is 0.429. The van der Waals surface area contributed by atoms with Gasteiger partial charge < -0.3 is 4.52 Å². The summed E-state index contributed by atoms with van der Waals surface area (Å²) < 4.78 is 30.9. The molecule has 0 radical (unpaired) electrons. The maximum atomic E-state index is 13.1. The second-order valence-electron chi connectivity index (χ2n) is 7.42. The van der Waals surface area contributed by atoms with Crippen LogP contribution < -0.4 is 5.32 Å². The van der Waals surface area contributed by atoms with E-state index in [1.54, 1.807) is 24.3 Å². The highest BCUT2D eigenvalue weighted by molar-refractivity contribution is 5.67. The summed E-state index contributed by atoms with van der Waals surface area (Å²) in [5.74, 6) is -1.56. The number of amides is 1. The van der Waals surface area contributed by atoms with Crippen LogP contribution >= 0.6 is 0 Å². The fourth-order valence-electron chi connectivity index (χ4n) is 3.44. The molecule has 0 aliphatic heterocycles. The van der Waals surface area contributed by atoms with E-state index in [4.69, 9.17) is 15.0 Å². The van der Waals surface area contributed by atoms with Crippen molar-refractivity contribution < 1.29 is 18.1 Å².